The Labute approximate surface area is 191 Å². The van der Waals surface area contributed by atoms with Crippen molar-refractivity contribution in [1.29, 1.82) is 0 Å². The van der Waals surface area contributed by atoms with E-state index in [1.807, 2.05) is 48.5 Å². The van der Waals surface area contributed by atoms with E-state index >= 15 is 0 Å². The van der Waals surface area contributed by atoms with Crippen molar-refractivity contribution in [2.24, 2.45) is 5.10 Å². The summed E-state index contributed by atoms with van der Waals surface area (Å²) in [6.45, 7) is 1.74. The van der Waals surface area contributed by atoms with Gasteiger partial charge < -0.3 is 5.73 Å². The first-order chi connectivity index (χ1) is 15.5. The average Bonchev–Trinajstić information content (AvgIpc) is 3.42. The normalized spacial score (nSPS) is 11.5. The summed E-state index contributed by atoms with van der Waals surface area (Å²) in [6.07, 6.45) is 0. The second-order valence-corrected chi connectivity index (χ2v) is 7.95. The van der Waals surface area contributed by atoms with Crippen LogP contribution in [0.15, 0.2) is 69.2 Å². The lowest BCUT2D eigenvalue weighted by Gasteiger charge is -2.07. The molecule has 0 saturated carbocycles. The number of aromatic nitrogens is 5. The number of nitrogens with one attached hydrogen (secondary N) is 1. The third kappa shape index (κ3) is 4.63. The molecule has 4 aromatic rings. The lowest BCUT2D eigenvalue weighted by Crippen LogP contribution is -2.21. The average molecular weight is 469 g/mol. The van der Waals surface area contributed by atoms with Gasteiger partial charge in [0.25, 0.3) is 5.91 Å². The van der Waals surface area contributed by atoms with Crippen molar-refractivity contribution in [2.75, 3.05) is 5.73 Å². The minimum atomic E-state index is -0.540. The Morgan fingerprint density at radius 2 is 1.94 bits per heavy atom. The Morgan fingerprint density at radius 3 is 2.66 bits per heavy atom. The SMILES string of the molecule is CC(=NNC(=O)c1nnn(-c2nonc2N)c1CSc1ccccc1)c1ccccc1Cl. The Morgan fingerprint density at radius 1 is 1.19 bits per heavy atom. The molecule has 2 aromatic heterocycles. The highest BCUT2D eigenvalue weighted by Gasteiger charge is 2.24. The number of nitrogens with zero attached hydrogens (tertiary/aromatic N) is 6. The molecule has 0 fully saturated rings. The fraction of sp³-hybridized carbons (Fsp3) is 0.100. The van der Waals surface area contributed by atoms with Gasteiger partial charge >= 0.3 is 0 Å². The number of nitrogens with two attached hydrogens (primary N) is 1. The lowest BCUT2D eigenvalue weighted by atomic mass is 10.1. The highest BCUT2D eigenvalue weighted by Crippen LogP contribution is 2.26. The fourth-order valence-corrected chi connectivity index (χ4v) is 3.97. The highest BCUT2D eigenvalue weighted by molar-refractivity contribution is 7.98. The van der Waals surface area contributed by atoms with Crippen molar-refractivity contribution >= 4 is 40.8 Å². The molecule has 10 nitrogen and oxygen atoms in total. The van der Waals surface area contributed by atoms with Gasteiger partial charge in [0.2, 0.25) is 11.6 Å². The minimum absolute atomic E-state index is 0.0282. The van der Waals surface area contributed by atoms with Crippen molar-refractivity contribution < 1.29 is 9.42 Å². The number of benzene rings is 2. The smallest absolute Gasteiger partial charge is 0.293 e. The van der Waals surface area contributed by atoms with Crippen LogP contribution in [0.4, 0.5) is 5.82 Å². The molecular formula is C20H17ClN8O2S. The third-order valence-electron chi connectivity index (χ3n) is 4.38. The predicted octanol–water partition coefficient (Wildman–Crippen LogP) is 3.33. The molecule has 0 atom stereocenters. The van der Waals surface area contributed by atoms with Crippen LogP contribution < -0.4 is 11.2 Å². The first kappa shape index (κ1) is 21.5. The number of amides is 1. The van der Waals surface area contributed by atoms with Gasteiger partial charge in [-0.15, -0.1) is 16.9 Å². The van der Waals surface area contributed by atoms with Crippen molar-refractivity contribution in [3.05, 3.63) is 76.6 Å². The maximum atomic E-state index is 12.9. The van der Waals surface area contributed by atoms with E-state index in [9.17, 15) is 4.79 Å². The van der Waals surface area contributed by atoms with Crippen LogP contribution in [0.3, 0.4) is 0 Å². The Kier molecular flexibility index (Phi) is 6.47. The van der Waals surface area contributed by atoms with E-state index in [1.165, 1.54) is 16.4 Å². The highest BCUT2D eigenvalue weighted by atomic mass is 35.5. The summed E-state index contributed by atoms with van der Waals surface area (Å²) in [7, 11) is 0. The molecule has 0 saturated heterocycles. The van der Waals surface area contributed by atoms with Crippen LogP contribution in [-0.4, -0.2) is 36.9 Å². The number of carbonyl (C=O) groups is 1. The van der Waals surface area contributed by atoms with E-state index in [2.05, 4.69) is 35.8 Å². The molecule has 162 valence electrons. The molecule has 2 aromatic carbocycles. The molecule has 0 bridgehead atoms. The quantitative estimate of drug-likeness (QED) is 0.239. The van der Waals surface area contributed by atoms with Crippen LogP contribution >= 0.6 is 23.4 Å². The van der Waals surface area contributed by atoms with Crippen LogP contribution in [0.25, 0.3) is 5.82 Å². The van der Waals surface area contributed by atoms with E-state index in [4.69, 9.17) is 17.3 Å². The first-order valence-electron chi connectivity index (χ1n) is 9.35. The van der Waals surface area contributed by atoms with Crippen molar-refractivity contribution in [1.82, 2.24) is 30.7 Å². The molecule has 12 heteroatoms. The molecule has 3 N–H and O–H groups in total. The first-order valence-corrected chi connectivity index (χ1v) is 10.7. The summed E-state index contributed by atoms with van der Waals surface area (Å²) in [6, 6.07) is 16.9. The Hall–Kier alpha value is -3.70. The van der Waals surface area contributed by atoms with Crippen LogP contribution in [-0.2, 0) is 5.75 Å². The van der Waals surface area contributed by atoms with Crippen LogP contribution in [0.1, 0.15) is 28.7 Å². The summed E-state index contributed by atoms with van der Waals surface area (Å²) < 4.78 is 6.01. The summed E-state index contributed by atoms with van der Waals surface area (Å²) in [5.74, 6) is -0.00284. The summed E-state index contributed by atoms with van der Waals surface area (Å²) >= 11 is 7.69. The maximum absolute atomic E-state index is 12.9. The summed E-state index contributed by atoms with van der Waals surface area (Å²) in [5.41, 5.74) is 10.1. The Bertz CT molecular complexity index is 1270. The largest absolute Gasteiger partial charge is 0.378 e. The summed E-state index contributed by atoms with van der Waals surface area (Å²) in [5, 5.41) is 20.1. The van der Waals surface area contributed by atoms with Crippen LogP contribution in [0.2, 0.25) is 5.02 Å². The zero-order valence-electron chi connectivity index (χ0n) is 16.8. The van der Waals surface area contributed by atoms with Gasteiger partial charge in [-0.1, -0.05) is 53.2 Å². The number of hydrogen-bond donors (Lipinski definition) is 2. The van der Waals surface area contributed by atoms with E-state index in [0.717, 1.165) is 4.90 Å². The second kappa shape index (κ2) is 9.62. The van der Waals surface area contributed by atoms with Gasteiger partial charge in [-0.05, 0) is 35.4 Å². The molecule has 0 unspecified atom stereocenters. The van der Waals surface area contributed by atoms with Gasteiger partial charge in [0, 0.05) is 21.2 Å². The standard InChI is InChI=1S/C20H17ClN8O2S/c1-12(14-9-5-6-10-15(14)21)23-25-20(30)17-16(11-32-13-7-3-2-4-8-13)29(28-24-17)19-18(22)26-31-27-19/h2-10H,11H2,1H3,(H2,22,26)(H,25,30). The molecule has 0 aliphatic rings. The van der Waals surface area contributed by atoms with Gasteiger partial charge in [0.05, 0.1) is 11.4 Å². The maximum Gasteiger partial charge on any atom is 0.293 e. The number of carbonyl (C=O) groups excluding carboxylic acids is 1. The van der Waals surface area contributed by atoms with Gasteiger partial charge in [-0.25, -0.2) is 10.1 Å². The summed E-state index contributed by atoms with van der Waals surface area (Å²) in [4.78, 5) is 13.9. The van der Waals surface area contributed by atoms with Gasteiger partial charge in [0.15, 0.2) is 5.69 Å². The lowest BCUT2D eigenvalue weighted by molar-refractivity contribution is 0.0949. The van der Waals surface area contributed by atoms with Crippen LogP contribution in [0.5, 0.6) is 0 Å². The number of halogens is 1. The zero-order chi connectivity index (χ0) is 22.5. The number of nitrogen functional groups attached to an aromatic ring is 1. The van der Waals surface area contributed by atoms with Gasteiger partial charge in [-0.2, -0.15) is 9.78 Å². The fourth-order valence-electron chi connectivity index (χ4n) is 2.79. The van der Waals surface area contributed by atoms with Crippen molar-refractivity contribution in [3.8, 4) is 5.82 Å². The van der Waals surface area contributed by atoms with E-state index < -0.39 is 5.91 Å². The molecule has 0 aliphatic heterocycles. The minimum Gasteiger partial charge on any atom is -0.378 e. The number of anilines is 1. The molecule has 0 radical (unpaired) electrons. The van der Waals surface area contributed by atoms with Crippen molar-refractivity contribution in [2.45, 2.75) is 17.6 Å². The topological polar surface area (TPSA) is 137 Å². The molecule has 32 heavy (non-hydrogen) atoms. The van der Waals surface area contributed by atoms with E-state index in [0.29, 0.717) is 27.7 Å². The van der Waals surface area contributed by atoms with E-state index in [-0.39, 0.29) is 17.3 Å². The van der Waals surface area contributed by atoms with Crippen LogP contribution in [0, 0.1) is 0 Å². The zero-order valence-corrected chi connectivity index (χ0v) is 18.3. The Balaban J connectivity index is 1.61. The predicted molar refractivity (Wildman–Crippen MR) is 121 cm³/mol. The molecule has 1 amide bonds. The number of hydrazone groups is 1. The molecule has 2 heterocycles. The molecule has 0 aliphatic carbocycles. The van der Waals surface area contributed by atoms with Crippen molar-refractivity contribution in [3.63, 3.8) is 0 Å². The number of thioether (sulfide) groups is 1. The molecule has 0 spiro atoms. The molecule has 4 rings (SSSR count). The number of rotatable bonds is 7. The monoisotopic (exact) mass is 468 g/mol. The van der Waals surface area contributed by atoms with Gasteiger partial charge in [-0.3, -0.25) is 4.79 Å². The second-order valence-electron chi connectivity index (χ2n) is 6.49. The van der Waals surface area contributed by atoms with Gasteiger partial charge in [0.1, 0.15) is 0 Å². The number of hydrogen-bond acceptors (Lipinski definition) is 9. The molecular weight excluding hydrogens is 452 g/mol. The van der Waals surface area contributed by atoms with E-state index in [1.54, 1.807) is 13.0 Å². The third-order valence-corrected chi connectivity index (χ3v) is 5.73.